The fourth-order valence-electron chi connectivity index (χ4n) is 2.88. The Morgan fingerprint density at radius 2 is 2.05 bits per heavy atom. The number of nitrogens with zero attached hydrogens (tertiary/aromatic N) is 1. The highest BCUT2D eigenvalue weighted by molar-refractivity contribution is 6.37. The highest BCUT2D eigenvalue weighted by atomic mass is 35.5. The molecule has 0 amide bonds. The highest BCUT2D eigenvalue weighted by Crippen LogP contribution is 2.32. The summed E-state index contributed by atoms with van der Waals surface area (Å²) >= 11 is 12.2. The van der Waals surface area contributed by atoms with Crippen LogP contribution in [0.25, 0.3) is 0 Å². The molecule has 1 fully saturated rings. The predicted molar refractivity (Wildman–Crippen MR) is 84.8 cm³/mol. The molecule has 0 bridgehead atoms. The van der Waals surface area contributed by atoms with Gasteiger partial charge in [-0.2, -0.15) is 0 Å². The van der Waals surface area contributed by atoms with Crippen molar-refractivity contribution >= 4 is 23.2 Å². The Morgan fingerprint density at radius 1 is 1.35 bits per heavy atom. The summed E-state index contributed by atoms with van der Waals surface area (Å²) < 4.78 is 5.75. The van der Waals surface area contributed by atoms with E-state index in [0.29, 0.717) is 40.9 Å². The third-order valence-corrected chi connectivity index (χ3v) is 4.61. The molecule has 20 heavy (non-hydrogen) atoms. The van der Waals surface area contributed by atoms with Gasteiger partial charge in [0.15, 0.2) is 5.75 Å². The van der Waals surface area contributed by atoms with Gasteiger partial charge in [-0.15, -0.1) is 0 Å². The lowest BCUT2D eigenvalue weighted by Gasteiger charge is -2.39. The highest BCUT2D eigenvalue weighted by Gasteiger charge is 2.26. The van der Waals surface area contributed by atoms with E-state index in [0.717, 1.165) is 13.1 Å². The zero-order valence-corrected chi connectivity index (χ0v) is 13.3. The van der Waals surface area contributed by atoms with E-state index in [9.17, 15) is 0 Å². The number of rotatable bonds is 5. The Labute approximate surface area is 131 Å². The van der Waals surface area contributed by atoms with Crippen molar-refractivity contribution in [3.63, 3.8) is 0 Å². The molecule has 2 unspecified atom stereocenters. The van der Waals surface area contributed by atoms with E-state index < -0.39 is 0 Å². The monoisotopic (exact) mass is 316 g/mol. The minimum Gasteiger partial charge on any atom is -0.489 e. The number of halogens is 2. The van der Waals surface area contributed by atoms with Crippen molar-refractivity contribution < 1.29 is 4.74 Å². The summed E-state index contributed by atoms with van der Waals surface area (Å²) in [5.74, 6) is 1.22. The van der Waals surface area contributed by atoms with Gasteiger partial charge in [0, 0.05) is 19.1 Å². The number of ether oxygens (including phenoxy) is 1. The van der Waals surface area contributed by atoms with Crippen LogP contribution in [0, 0.1) is 5.92 Å². The van der Waals surface area contributed by atoms with Crippen LogP contribution in [-0.2, 0) is 0 Å². The Hall–Kier alpha value is -0.480. The fraction of sp³-hybridized carbons (Fsp3) is 0.600. The molecule has 1 aliphatic heterocycles. The van der Waals surface area contributed by atoms with Crippen LogP contribution < -0.4 is 10.5 Å². The van der Waals surface area contributed by atoms with Crippen LogP contribution in [0.5, 0.6) is 5.75 Å². The Bertz CT molecular complexity index is 422. The summed E-state index contributed by atoms with van der Waals surface area (Å²) in [5, 5.41) is 1.11. The molecule has 1 aromatic rings. The van der Waals surface area contributed by atoms with Gasteiger partial charge in [0.05, 0.1) is 10.0 Å². The molecule has 0 spiro atoms. The van der Waals surface area contributed by atoms with Crippen LogP contribution in [0.1, 0.15) is 19.8 Å². The molecule has 1 saturated heterocycles. The molecular formula is C15H22Cl2N2O. The first-order valence-corrected chi connectivity index (χ1v) is 7.90. The normalized spacial score (nSPS) is 23.8. The lowest BCUT2D eigenvalue weighted by atomic mass is 9.91. The van der Waals surface area contributed by atoms with E-state index in [1.807, 2.05) is 6.07 Å². The quantitative estimate of drug-likeness (QED) is 0.904. The molecule has 0 aromatic heterocycles. The molecule has 1 heterocycles. The van der Waals surface area contributed by atoms with Crippen LogP contribution >= 0.6 is 23.2 Å². The van der Waals surface area contributed by atoms with Gasteiger partial charge in [0.25, 0.3) is 0 Å². The summed E-state index contributed by atoms with van der Waals surface area (Å²) in [7, 11) is 0. The van der Waals surface area contributed by atoms with Crippen molar-refractivity contribution in [3.05, 3.63) is 28.2 Å². The maximum Gasteiger partial charge on any atom is 0.156 e. The van der Waals surface area contributed by atoms with Crippen molar-refractivity contribution in [3.8, 4) is 5.75 Å². The van der Waals surface area contributed by atoms with Gasteiger partial charge in [-0.25, -0.2) is 0 Å². The van der Waals surface area contributed by atoms with Crippen LogP contribution in [0.15, 0.2) is 18.2 Å². The number of hydrogen-bond donors (Lipinski definition) is 1. The first-order chi connectivity index (χ1) is 9.63. The standard InChI is InChI=1S/C15H22Cl2N2O/c1-11-4-3-7-19(14(11)10-18)8-9-20-15-12(16)5-2-6-13(15)17/h2,5-6,11,14H,3-4,7-10,18H2,1H3. The summed E-state index contributed by atoms with van der Waals surface area (Å²) in [5.41, 5.74) is 5.89. The molecular weight excluding hydrogens is 295 g/mol. The lowest BCUT2D eigenvalue weighted by Crippen LogP contribution is -2.49. The average molecular weight is 317 g/mol. The number of likely N-dealkylation sites (tertiary alicyclic amines) is 1. The van der Waals surface area contributed by atoms with Gasteiger partial charge in [-0.3, -0.25) is 4.90 Å². The third-order valence-electron chi connectivity index (χ3n) is 4.02. The Balaban J connectivity index is 1.89. The number of hydrogen-bond acceptors (Lipinski definition) is 3. The van der Waals surface area contributed by atoms with Crippen LogP contribution in [0.3, 0.4) is 0 Å². The number of benzene rings is 1. The zero-order valence-electron chi connectivity index (χ0n) is 11.8. The summed E-state index contributed by atoms with van der Waals surface area (Å²) in [6, 6.07) is 5.84. The molecule has 2 rings (SSSR count). The van der Waals surface area contributed by atoms with E-state index in [1.54, 1.807) is 12.1 Å². The van der Waals surface area contributed by atoms with Crippen LogP contribution in [-0.4, -0.2) is 37.2 Å². The van der Waals surface area contributed by atoms with Gasteiger partial charge >= 0.3 is 0 Å². The molecule has 1 aliphatic rings. The SMILES string of the molecule is CC1CCCN(CCOc2c(Cl)cccc2Cl)C1CN. The van der Waals surface area contributed by atoms with E-state index in [1.165, 1.54) is 12.8 Å². The van der Waals surface area contributed by atoms with Gasteiger partial charge in [-0.1, -0.05) is 36.2 Å². The van der Waals surface area contributed by atoms with E-state index in [-0.39, 0.29) is 0 Å². The van der Waals surface area contributed by atoms with E-state index in [4.69, 9.17) is 33.7 Å². The van der Waals surface area contributed by atoms with Crippen molar-refractivity contribution in [2.45, 2.75) is 25.8 Å². The molecule has 2 atom stereocenters. The molecule has 0 aliphatic carbocycles. The summed E-state index contributed by atoms with van der Waals surface area (Å²) in [4.78, 5) is 2.42. The van der Waals surface area contributed by atoms with Crippen molar-refractivity contribution in [1.82, 2.24) is 4.90 Å². The molecule has 112 valence electrons. The minimum atomic E-state index is 0.453. The third kappa shape index (κ3) is 3.79. The van der Waals surface area contributed by atoms with Gasteiger partial charge in [-0.05, 0) is 37.4 Å². The second-order valence-electron chi connectivity index (χ2n) is 5.36. The number of nitrogens with two attached hydrogens (primary N) is 1. The molecule has 3 nitrogen and oxygen atoms in total. The smallest absolute Gasteiger partial charge is 0.156 e. The zero-order chi connectivity index (χ0) is 14.5. The maximum absolute atomic E-state index is 6.09. The van der Waals surface area contributed by atoms with Crippen LogP contribution in [0.4, 0.5) is 0 Å². The first-order valence-electron chi connectivity index (χ1n) is 7.14. The molecule has 0 saturated carbocycles. The van der Waals surface area contributed by atoms with Gasteiger partial charge in [0.2, 0.25) is 0 Å². The molecule has 0 radical (unpaired) electrons. The summed E-state index contributed by atoms with van der Waals surface area (Å²) in [6.45, 7) is 5.50. The fourth-order valence-corrected chi connectivity index (χ4v) is 3.39. The average Bonchev–Trinajstić information content (AvgIpc) is 2.42. The van der Waals surface area contributed by atoms with Gasteiger partial charge in [0.1, 0.15) is 6.61 Å². The number of para-hydroxylation sites is 1. The first kappa shape index (κ1) is 15.9. The van der Waals surface area contributed by atoms with Crippen molar-refractivity contribution in [1.29, 1.82) is 0 Å². The van der Waals surface area contributed by atoms with Crippen molar-refractivity contribution in [2.75, 3.05) is 26.2 Å². The van der Waals surface area contributed by atoms with Crippen LogP contribution in [0.2, 0.25) is 10.0 Å². The molecule has 1 aromatic carbocycles. The minimum absolute atomic E-state index is 0.453. The predicted octanol–water partition coefficient (Wildman–Crippen LogP) is 3.43. The largest absolute Gasteiger partial charge is 0.489 e. The topological polar surface area (TPSA) is 38.5 Å². The Morgan fingerprint density at radius 3 is 2.70 bits per heavy atom. The summed E-state index contributed by atoms with van der Waals surface area (Å²) in [6.07, 6.45) is 2.49. The molecule has 2 N–H and O–H groups in total. The van der Waals surface area contributed by atoms with E-state index >= 15 is 0 Å². The van der Waals surface area contributed by atoms with E-state index in [2.05, 4.69) is 11.8 Å². The maximum atomic E-state index is 6.09. The molecule has 5 heteroatoms. The van der Waals surface area contributed by atoms with Gasteiger partial charge < -0.3 is 10.5 Å². The number of piperidine rings is 1. The Kier molecular flexibility index (Phi) is 5.97. The lowest BCUT2D eigenvalue weighted by molar-refractivity contribution is 0.0895. The van der Waals surface area contributed by atoms with Crippen molar-refractivity contribution in [2.24, 2.45) is 11.7 Å². The second kappa shape index (κ2) is 7.51. The second-order valence-corrected chi connectivity index (χ2v) is 6.17.